The number of carbonyl (C=O) groups excluding carboxylic acids is 1. The summed E-state index contributed by atoms with van der Waals surface area (Å²) in [7, 11) is 2.24. The van der Waals surface area contributed by atoms with E-state index in [4.69, 9.17) is 4.98 Å². The Morgan fingerprint density at radius 2 is 1.84 bits per heavy atom. The van der Waals surface area contributed by atoms with Crippen molar-refractivity contribution < 1.29 is 9.69 Å². The number of nitrogens with one attached hydrogen (secondary N) is 2. The average Bonchev–Trinajstić information content (AvgIpc) is 3.05. The van der Waals surface area contributed by atoms with E-state index in [0.717, 1.165) is 48.3 Å². The van der Waals surface area contributed by atoms with Crippen LogP contribution in [0, 0.1) is 5.41 Å². The Morgan fingerprint density at radius 1 is 1.20 bits per heavy atom. The van der Waals surface area contributed by atoms with Crippen molar-refractivity contribution >= 4 is 28.1 Å². The molecule has 3 rings (SSSR count). The Labute approximate surface area is 153 Å². The van der Waals surface area contributed by atoms with Crippen LogP contribution in [0.4, 0.5) is 10.8 Å². The second-order valence-electron chi connectivity index (χ2n) is 7.74. The van der Waals surface area contributed by atoms with Crippen LogP contribution in [0.15, 0.2) is 29.6 Å². The molecule has 0 aliphatic carbocycles. The molecule has 1 aliphatic heterocycles. The number of anilines is 2. The number of benzene rings is 1. The van der Waals surface area contributed by atoms with Gasteiger partial charge in [-0.1, -0.05) is 32.9 Å². The number of nitrogens with zero attached hydrogens (tertiary/aromatic N) is 2. The first-order chi connectivity index (χ1) is 11.8. The molecule has 1 amide bonds. The Balaban J connectivity index is 1.68. The van der Waals surface area contributed by atoms with Crippen LogP contribution in [0.1, 0.15) is 20.8 Å². The van der Waals surface area contributed by atoms with Crippen LogP contribution < -0.4 is 15.1 Å². The highest BCUT2D eigenvalue weighted by Gasteiger charge is 2.21. The van der Waals surface area contributed by atoms with E-state index in [9.17, 15) is 4.79 Å². The molecule has 1 saturated heterocycles. The normalized spacial score (nSPS) is 16.1. The van der Waals surface area contributed by atoms with E-state index in [2.05, 4.69) is 22.6 Å². The smallest absolute Gasteiger partial charge is 0.229 e. The zero-order valence-corrected chi connectivity index (χ0v) is 16.2. The molecule has 0 bridgehead atoms. The van der Waals surface area contributed by atoms with Crippen LogP contribution >= 0.6 is 11.3 Å². The highest BCUT2D eigenvalue weighted by Crippen LogP contribution is 2.28. The summed E-state index contributed by atoms with van der Waals surface area (Å²) in [5.41, 5.74) is 2.50. The Hall–Kier alpha value is -1.92. The molecule has 0 radical (unpaired) electrons. The Bertz CT molecular complexity index is 725. The maximum absolute atomic E-state index is 12.1. The number of aromatic nitrogens is 1. The quantitative estimate of drug-likeness (QED) is 0.883. The van der Waals surface area contributed by atoms with Gasteiger partial charge in [0.25, 0.3) is 0 Å². The lowest BCUT2D eigenvalue weighted by Crippen LogP contribution is -3.12. The standard InChI is InChI=1S/C19H26N4OS/c1-19(2,3)17(24)20-15-7-5-14(6-8-15)16-13-25-18(21-16)23-11-9-22(4)10-12-23/h5-8,13H,9-12H2,1-4H3,(H,20,24)/p+1. The van der Waals surface area contributed by atoms with Gasteiger partial charge in [-0.2, -0.15) is 0 Å². The van der Waals surface area contributed by atoms with Crippen LogP contribution in [0.2, 0.25) is 0 Å². The molecule has 1 aromatic carbocycles. The number of thiazole rings is 1. The number of rotatable bonds is 3. The van der Waals surface area contributed by atoms with Crippen molar-refractivity contribution in [1.29, 1.82) is 0 Å². The van der Waals surface area contributed by atoms with Crippen molar-refractivity contribution in [3.63, 3.8) is 0 Å². The summed E-state index contributed by atoms with van der Waals surface area (Å²) in [5.74, 6) is 0.0217. The van der Waals surface area contributed by atoms with E-state index in [1.54, 1.807) is 16.2 Å². The number of hydrogen-bond donors (Lipinski definition) is 2. The van der Waals surface area contributed by atoms with Gasteiger partial charge in [-0.05, 0) is 12.1 Å². The number of likely N-dealkylation sites (N-methyl/N-ethyl adjacent to an activating group) is 1. The highest BCUT2D eigenvalue weighted by molar-refractivity contribution is 7.14. The third-order valence-corrected chi connectivity index (χ3v) is 5.40. The van der Waals surface area contributed by atoms with Crippen LogP contribution in [0.3, 0.4) is 0 Å². The van der Waals surface area contributed by atoms with Crippen LogP contribution in [0.5, 0.6) is 0 Å². The van der Waals surface area contributed by atoms with Gasteiger partial charge < -0.3 is 15.1 Å². The van der Waals surface area contributed by atoms with Gasteiger partial charge in [-0.3, -0.25) is 4.79 Å². The van der Waals surface area contributed by atoms with Gasteiger partial charge in [-0.25, -0.2) is 4.98 Å². The number of hydrogen-bond acceptors (Lipinski definition) is 4. The van der Waals surface area contributed by atoms with Crippen LogP contribution in [-0.4, -0.2) is 44.1 Å². The maximum Gasteiger partial charge on any atom is 0.229 e. The monoisotopic (exact) mass is 359 g/mol. The predicted octanol–water partition coefficient (Wildman–Crippen LogP) is 2.13. The summed E-state index contributed by atoms with van der Waals surface area (Å²) >= 11 is 1.71. The first kappa shape index (κ1) is 17.9. The van der Waals surface area contributed by atoms with Crippen molar-refractivity contribution in [1.82, 2.24) is 4.98 Å². The van der Waals surface area contributed by atoms with Gasteiger partial charge in [0.05, 0.1) is 38.9 Å². The van der Waals surface area contributed by atoms with Crippen LogP contribution in [-0.2, 0) is 4.79 Å². The lowest BCUT2D eigenvalue weighted by molar-refractivity contribution is -0.880. The molecule has 0 atom stereocenters. The van der Waals surface area contributed by atoms with Gasteiger partial charge in [0.1, 0.15) is 0 Å². The second-order valence-corrected chi connectivity index (χ2v) is 8.58. The van der Waals surface area contributed by atoms with E-state index < -0.39 is 5.41 Å². The topological polar surface area (TPSA) is 49.7 Å². The molecule has 1 aromatic heterocycles. The lowest BCUT2D eigenvalue weighted by Gasteiger charge is -2.29. The highest BCUT2D eigenvalue weighted by atomic mass is 32.1. The van der Waals surface area contributed by atoms with E-state index in [1.807, 2.05) is 45.0 Å². The SMILES string of the molecule is C[NH+]1CCN(c2nc(-c3ccc(NC(=O)C(C)(C)C)cc3)cs2)CC1. The number of carbonyl (C=O) groups is 1. The fraction of sp³-hybridized carbons (Fsp3) is 0.474. The molecule has 2 aromatic rings. The maximum atomic E-state index is 12.1. The summed E-state index contributed by atoms with van der Waals surface area (Å²) < 4.78 is 0. The zero-order valence-electron chi connectivity index (χ0n) is 15.4. The van der Waals surface area contributed by atoms with E-state index in [0.29, 0.717) is 0 Å². The van der Waals surface area contributed by atoms with Crippen LogP contribution in [0.25, 0.3) is 11.3 Å². The van der Waals surface area contributed by atoms with Gasteiger partial charge >= 0.3 is 0 Å². The van der Waals surface area contributed by atoms with E-state index >= 15 is 0 Å². The number of amides is 1. The van der Waals surface area contributed by atoms with Crippen molar-refractivity contribution in [2.75, 3.05) is 43.4 Å². The van der Waals surface area contributed by atoms with Crippen molar-refractivity contribution in [3.05, 3.63) is 29.6 Å². The molecule has 6 heteroatoms. The predicted molar refractivity (Wildman–Crippen MR) is 104 cm³/mol. The zero-order chi connectivity index (χ0) is 18.0. The molecular weight excluding hydrogens is 332 g/mol. The molecule has 1 fully saturated rings. The summed E-state index contributed by atoms with van der Waals surface area (Å²) in [6.07, 6.45) is 0. The first-order valence-electron chi connectivity index (χ1n) is 8.76. The summed E-state index contributed by atoms with van der Waals surface area (Å²) in [6, 6.07) is 7.92. The molecule has 134 valence electrons. The molecular formula is C19H27N4OS+. The van der Waals surface area contributed by atoms with Crippen molar-refractivity contribution in [3.8, 4) is 11.3 Å². The number of piperazine rings is 1. The molecule has 0 saturated carbocycles. The van der Waals surface area contributed by atoms with E-state index in [1.165, 1.54) is 0 Å². The third-order valence-electron chi connectivity index (χ3n) is 4.50. The van der Waals surface area contributed by atoms with Gasteiger partial charge in [-0.15, -0.1) is 11.3 Å². The van der Waals surface area contributed by atoms with Gasteiger partial charge in [0.2, 0.25) is 5.91 Å². The molecule has 0 spiro atoms. The van der Waals surface area contributed by atoms with Crippen molar-refractivity contribution in [2.24, 2.45) is 5.41 Å². The van der Waals surface area contributed by atoms with Gasteiger partial charge in [0, 0.05) is 22.0 Å². The minimum Gasteiger partial charge on any atom is -0.337 e. The summed E-state index contributed by atoms with van der Waals surface area (Å²) in [4.78, 5) is 20.8. The molecule has 2 N–H and O–H groups in total. The van der Waals surface area contributed by atoms with Crippen molar-refractivity contribution in [2.45, 2.75) is 20.8 Å². The largest absolute Gasteiger partial charge is 0.337 e. The fourth-order valence-electron chi connectivity index (χ4n) is 2.66. The van der Waals surface area contributed by atoms with Gasteiger partial charge in [0.15, 0.2) is 5.13 Å². The average molecular weight is 360 g/mol. The van der Waals surface area contributed by atoms with E-state index in [-0.39, 0.29) is 5.91 Å². The number of quaternary nitrogens is 1. The Morgan fingerprint density at radius 3 is 2.44 bits per heavy atom. The second kappa shape index (κ2) is 7.14. The molecule has 0 unspecified atom stereocenters. The molecule has 25 heavy (non-hydrogen) atoms. The molecule has 2 heterocycles. The fourth-order valence-corrected chi connectivity index (χ4v) is 3.55. The first-order valence-corrected chi connectivity index (χ1v) is 9.64. The Kier molecular flexibility index (Phi) is 5.11. The third kappa shape index (κ3) is 4.38. The minimum atomic E-state index is -0.396. The lowest BCUT2D eigenvalue weighted by atomic mass is 9.95. The molecule has 5 nitrogen and oxygen atoms in total. The molecule has 1 aliphatic rings. The minimum absolute atomic E-state index is 0.0217. The summed E-state index contributed by atoms with van der Waals surface area (Å²) in [6.45, 7) is 10.2. The summed E-state index contributed by atoms with van der Waals surface area (Å²) in [5, 5.41) is 6.17.